The van der Waals surface area contributed by atoms with E-state index in [-0.39, 0.29) is 17.9 Å². The first kappa shape index (κ1) is 27.0. The molecule has 1 aromatic carbocycles. The van der Waals surface area contributed by atoms with Gasteiger partial charge in [0.25, 0.3) is 11.1 Å². The monoisotopic (exact) mass is 550 g/mol. The number of thiazole rings is 1. The number of pyridine rings is 1. The van der Waals surface area contributed by atoms with Crippen molar-refractivity contribution in [2.75, 3.05) is 38.3 Å². The van der Waals surface area contributed by atoms with Crippen molar-refractivity contribution in [3.63, 3.8) is 0 Å². The van der Waals surface area contributed by atoms with Crippen molar-refractivity contribution >= 4 is 33.6 Å². The molecule has 1 N–H and O–H groups in total. The Morgan fingerprint density at radius 1 is 1.10 bits per heavy atom. The molecule has 0 aliphatic carbocycles. The van der Waals surface area contributed by atoms with E-state index in [1.807, 2.05) is 24.3 Å². The van der Waals surface area contributed by atoms with E-state index in [0.717, 1.165) is 53.4 Å². The van der Waals surface area contributed by atoms with E-state index in [9.17, 15) is 4.79 Å². The van der Waals surface area contributed by atoms with Gasteiger partial charge in [-0.25, -0.2) is 9.97 Å². The number of hydrogen-bond donors (Lipinski definition) is 1. The highest BCUT2D eigenvalue weighted by Crippen LogP contribution is 2.32. The van der Waals surface area contributed by atoms with Gasteiger partial charge in [-0.3, -0.25) is 4.79 Å². The number of nitrogens with zero attached hydrogens (tertiary/aromatic N) is 5. The lowest BCUT2D eigenvalue weighted by molar-refractivity contribution is 0.0937. The van der Waals surface area contributed by atoms with Gasteiger partial charge in [-0.2, -0.15) is 4.98 Å². The van der Waals surface area contributed by atoms with Crippen LogP contribution in [0.3, 0.4) is 0 Å². The minimum Gasteiger partial charge on any atom is -0.467 e. The Hall–Kier alpha value is -3.57. The van der Waals surface area contributed by atoms with Crippen molar-refractivity contribution in [3.8, 4) is 16.5 Å². The molecule has 1 aliphatic rings. The third kappa shape index (κ3) is 6.36. The molecule has 4 heterocycles. The van der Waals surface area contributed by atoms with E-state index in [2.05, 4.69) is 46.1 Å². The number of fused-ring (bicyclic) bond motifs is 1. The van der Waals surface area contributed by atoms with Gasteiger partial charge >= 0.3 is 6.01 Å². The van der Waals surface area contributed by atoms with Gasteiger partial charge in [0, 0.05) is 43.8 Å². The van der Waals surface area contributed by atoms with Crippen molar-refractivity contribution in [1.29, 1.82) is 0 Å². The van der Waals surface area contributed by atoms with Crippen molar-refractivity contribution < 1.29 is 18.8 Å². The van der Waals surface area contributed by atoms with Gasteiger partial charge in [0.1, 0.15) is 16.5 Å². The van der Waals surface area contributed by atoms with E-state index < -0.39 is 0 Å². The molecule has 206 valence electrons. The van der Waals surface area contributed by atoms with Crippen LogP contribution in [0.2, 0.25) is 0 Å². The number of rotatable bonds is 10. The minimum absolute atomic E-state index is 0.0312. The number of anilines is 1. The zero-order valence-corrected chi connectivity index (χ0v) is 23.5. The first-order valence-corrected chi connectivity index (χ1v) is 14.1. The number of amides is 1. The lowest BCUT2D eigenvalue weighted by Crippen LogP contribution is -2.38. The Bertz CT molecular complexity index is 1390. The number of methoxy groups -OCH3 is 1. The molecule has 1 unspecified atom stereocenters. The minimum atomic E-state index is -0.124. The number of hydrogen-bond acceptors (Lipinski definition) is 10. The Morgan fingerprint density at radius 2 is 1.87 bits per heavy atom. The summed E-state index contributed by atoms with van der Waals surface area (Å²) < 4.78 is 16.7. The summed E-state index contributed by atoms with van der Waals surface area (Å²) in [5.74, 6) is 1.28. The number of ether oxygens (including phenoxy) is 2. The molecular weight excluding hydrogens is 516 g/mol. The number of nitrogens with one attached hydrogen (secondary N) is 1. The van der Waals surface area contributed by atoms with Gasteiger partial charge in [-0.15, -0.1) is 0 Å². The van der Waals surface area contributed by atoms with Crippen LogP contribution in [0, 0.1) is 5.92 Å². The molecule has 11 heteroatoms. The van der Waals surface area contributed by atoms with E-state index in [1.54, 1.807) is 19.2 Å². The predicted molar refractivity (Wildman–Crippen MR) is 150 cm³/mol. The number of aromatic nitrogens is 4. The molecule has 10 nitrogen and oxygen atoms in total. The molecule has 0 spiro atoms. The van der Waals surface area contributed by atoms with Crippen LogP contribution in [-0.4, -0.2) is 65.5 Å². The number of carbonyl (C=O) groups is 1. The molecule has 0 saturated carbocycles. The van der Waals surface area contributed by atoms with Crippen LogP contribution in [0.15, 0.2) is 40.9 Å². The highest BCUT2D eigenvalue weighted by atomic mass is 32.1. The average molecular weight is 551 g/mol. The Labute approximate surface area is 231 Å². The molecule has 5 rings (SSSR count). The summed E-state index contributed by atoms with van der Waals surface area (Å²) in [6.45, 7) is 8.90. The summed E-state index contributed by atoms with van der Waals surface area (Å²) in [5, 5.41) is 7.54. The van der Waals surface area contributed by atoms with Crippen molar-refractivity contribution in [3.05, 3.63) is 47.8 Å². The van der Waals surface area contributed by atoms with Gasteiger partial charge in [-0.1, -0.05) is 42.5 Å². The number of carbonyl (C=O) groups excluding carboxylic acids is 1. The fourth-order valence-electron chi connectivity index (χ4n) is 4.57. The van der Waals surface area contributed by atoms with Crippen LogP contribution >= 0.6 is 11.3 Å². The molecule has 1 amide bonds. The SMILES string of the molecule is COCCNC(=O)c1ccc(-c2ccc3nc(OC(C)C4CCN(c5nc(C(C)C)no5)CC4)sc3n2)cc1. The quantitative estimate of drug-likeness (QED) is 0.275. The van der Waals surface area contributed by atoms with Crippen LogP contribution in [0.4, 0.5) is 6.01 Å². The maximum absolute atomic E-state index is 12.2. The van der Waals surface area contributed by atoms with Crippen molar-refractivity contribution in [2.24, 2.45) is 5.92 Å². The van der Waals surface area contributed by atoms with Crippen LogP contribution in [0.5, 0.6) is 5.19 Å². The second-order valence-electron chi connectivity index (χ2n) is 10.1. The maximum Gasteiger partial charge on any atom is 0.324 e. The van der Waals surface area contributed by atoms with E-state index >= 15 is 0 Å². The van der Waals surface area contributed by atoms with Crippen LogP contribution in [0.1, 0.15) is 55.7 Å². The molecule has 3 aromatic heterocycles. The van der Waals surface area contributed by atoms with E-state index in [4.69, 9.17) is 19.0 Å². The van der Waals surface area contributed by atoms with Gasteiger partial charge in [0.15, 0.2) is 5.82 Å². The maximum atomic E-state index is 12.2. The summed E-state index contributed by atoms with van der Waals surface area (Å²) in [4.78, 5) is 29.2. The molecule has 1 fully saturated rings. The highest BCUT2D eigenvalue weighted by Gasteiger charge is 2.28. The van der Waals surface area contributed by atoms with E-state index in [1.165, 1.54) is 11.3 Å². The molecule has 0 radical (unpaired) electrons. The number of piperidine rings is 1. The third-order valence-electron chi connectivity index (χ3n) is 6.98. The summed E-state index contributed by atoms with van der Waals surface area (Å²) in [7, 11) is 1.61. The molecule has 1 saturated heterocycles. The molecule has 0 bridgehead atoms. The lowest BCUT2D eigenvalue weighted by Gasteiger charge is -2.33. The normalized spacial score (nSPS) is 15.2. The summed E-state index contributed by atoms with van der Waals surface area (Å²) >= 11 is 1.46. The first-order chi connectivity index (χ1) is 18.9. The zero-order chi connectivity index (χ0) is 27.4. The molecule has 39 heavy (non-hydrogen) atoms. The molecular formula is C28H34N6O4S. The van der Waals surface area contributed by atoms with Gasteiger partial charge < -0.3 is 24.2 Å². The van der Waals surface area contributed by atoms with Gasteiger partial charge in [0.05, 0.1) is 12.3 Å². The smallest absolute Gasteiger partial charge is 0.324 e. The zero-order valence-electron chi connectivity index (χ0n) is 22.7. The summed E-state index contributed by atoms with van der Waals surface area (Å²) in [6.07, 6.45) is 1.99. The van der Waals surface area contributed by atoms with Crippen molar-refractivity contribution in [1.82, 2.24) is 25.4 Å². The van der Waals surface area contributed by atoms with Crippen LogP contribution in [-0.2, 0) is 4.74 Å². The average Bonchev–Trinajstić information content (AvgIpc) is 3.60. The van der Waals surface area contributed by atoms with E-state index in [0.29, 0.717) is 35.8 Å². The Kier molecular flexibility index (Phi) is 8.37. The van der Waals surface area contributed by atoms with Gasteiger partial charge in [0.2, 0.25) is 0 Å². The van der Waals surface area contributed by atoms with Crippen LogP contribution < -0.4 is 15.0 Å². The second kappa shape index (κ2) is 12.1. The topological polar surface area (TPSA) is 116 Å². The fraction of sp³-hybridized carbons (Fsp3) is 0.464. The molecule has 1 aliphatic heterocycles. The fourth-order valence-corrected chi connectivity index (χ4v) is 5.45. The standard InChI is InChI=1S/C28H34N6O4S/c1-17(2)24-32-27(38-33-24)34-14-11-19(12-15-34)18(3)37-28-31-23-10-9-22(30-26(23)39-28)20-5-7-21(8-6-20)25(35)29-13-16-36-4/h5-10,17-19H,11-16H2,1-4H3,(H,29,35). The molecule has 4 aromatic rings. The molecule has 1 atom stereocenters. The second-order valence-corrected chi connectivity index (χ2v) is 11.0. The van der Waals surface area contributed by atoms with Crippen molar-refractivity contribution in [2.45, 2.75) is 45.6 Å². The van der Waals surface area contributed by atoms with Gasteiger partial charge in [-0.05, 0) is 49.9 Å². The largest absolute Gasteiger partial charge is 0.467 e. The predicted octanol–water partition coefficient (Wildman–Crippen LogP) is 4.92. The van der Waals surface area contributed by atoms with Crippen LogP contribution in [0.25, 0.3) is 21.6 Å². The Balaban J connectivity index is 1.18. The summed E-state index contributed by atoms with van der Waals surface area (Å²) in [5.41, 5.74) is 3.17. The summed E-state index contributed by atoms with van der Waals surface area (Å²) in [6, 6.07) is 11.9. The Morgan fingerprint density at radius 3 is 2.56 bits per heavy atom. The lowest BCUT2D eigenvalue weighted by atomic mass is 9.92. The third-order valence-corrected chi connectivity index (χ3v) is 7.83. The first-order valence-electron chi connectivity index (χ1n) is 13.3. The number of benzene rings is 1. The highest BCUT2D eigenvalue weighted by molar-refractivity contribution is 7.19.